The van der Waals surface area contributed by atoms with Crippen LogP contribution >= 0.6 is 12.2 Å². The lowest BCUT2D eigenvalue weighted by atomic mass is 9.86. The van der Waals surface area contributed by atoms with E-state index in [1.165, 1.54) is 44.9 Å². The summed E-state index contributed by atoms with van der Waals surface area (Å²) in [5.41, 5.74) is 5.14. The molecule has 2 aliphatic rings. The smallest absolute Gasteiger partial charge is 0.243 e. The van der Waals surface area contributed by atoms with Crippen molar-refractivity contribution in [2.45, 2.75) is 118 Å². The SMILES string of the molecule is CC.CC(C)C.CCC[C@@H](C(=O)NCC(N)=O)N1CC[C@@H](NCCCC2CCCCC2)C1=S. The number of carbonyl (C=O) groups is 2. The average Bonchev–Trinajstić information content (AvgIpc) is 3.15. The van der Waals surface area contributed by atoms with Crippen LogP contribution in [0.5, 0.6) is 0 Å². The largest absolute Gasteiger partial charge is 0.368 e. The number of nitrogens with one attached hydrogen (secondary N) is 2. The van der Waals surface area contributed by atoms with Crippen molar-refractivity contribution in [3.8, 4) is 0 Å². The first-order valence-electron chi connectivity index (χ1n) is 13.4. The average molecular weight is 485 g/mol. The van der Waals surface area contributed by atoms with E-state index < -0.39 is 5.91 Å². The summed E-state index contributed by atoms with van der Waals surface area (Å²) in [5, 5.41) is 6.23. The van der Waals surface area contributed by atoms with Crippen molar-refractivity contribution < 1.29 is 9.59 Å². The van der Waals surface area contributed by atoms with E-state index in [1.807, 2.05) is 18.7 Å². The molecule has 1 aliphatic heterocycles. The molecule has 0 radical (unpaired) electrons. The molecule has 6 nitrogen and oxygen atoms in total. The monoisotopic (exact) mass is 484 g/mol. The summed E-state index contributed by atoms with van der Waals surface area (Å²) in [5.74, 6) is 1.06. The third-order valence-electron chi connectivity index (χ3n) is 5.82. The van der Waals surface area contributed by atoms with Gasteiger partial charge >= 0.3 is 0 Å². The first kappa shape index (κ1) is 31.8. The summed E-state index contributed by atoms with van der Waals surface area (Å²) >= 11 is 5.67. The molecule has 2 amide bonds. The van der Waals surface area contributed by atoms with Crippen molar-refractivity contribution in [1.29, 1.82) is 0 Å². The molecular formula is C26H52N4O2S. The maximum absolute atomic E-state index is 12.5. The van der Waals surface area contributed by atoms with Crippen molar-refractivity contribution in [2.75, 3.05) is 19.6 Å². The van der Waals surface area contributed by atoms with Gasteiger partial charge in [-0.3, -0.25) is 9.59 Å². The Labute approximate surface area is 209 Å². The Hall–Kier alpha value is -1.21. The number of hydrogen-bond donors (Lipinski definition) is 3. The lowest BCUT2D eigenvalue weighted by Gasteiger charge is -2.29. The van der Waals surface area contributed by atoms with Crippen LogP contribution in [0.2, 0.25) is 0 Å². The van der Waals surface area contributed by atoms with Crippen molar-refractivity contribution in [2.24, 2.45) is 17.6 Å². The van der Waals surface area contributed by atoms with Crippen molar-refractivity contribution in [1.82, 2.24) is 15.5 Å². The highest BCUT2D eigenvalue weighted by Gasteiger charge is 2.35. The topological polar surface area (TPSA) is 87.5 Å². The fraction of sp³-hybridized carbons (Fsp3) is 0.885. The van der Waals surface area contributed by atoms with Crippen LogP contribution in [0.3, 0.4) is 0 Å². The molecule has 0 aromatic carbocycles. The minimum Gasteiger partial charge on any atom is -0.368 e. The second-order valence-electron chi connectivity index (χ2n) is 9.69. The molecule has 4 N–H and O–H groups in total. The van der Waals surface area contributed by atoms with Gasteiger partial charge in [0.05, 0.1) is 17.6 Å². The Balaban J connectivity index is 0.00000154. The Morgan fingerprint density at radius 2 is 1.73 bits per heavy atom. The Kier molecular flexibility index (Phi) is 18.4. The highest BCUT2D eigenvalue weighted by molar-refractivity contribution is 7.80. The molecule has 2 atom stereocenters. The number of likely N-dealkylation sites (tertiary alicyclic amines) is 1. The number of primary amides is 1. The van der Waals surface area contributed by atoms with Gasteiger partial charge in [0.15, 0.2) is 0 Å². The number of nitrogens with two attached hydrogens (primary N) is 1. The normalized spacial score (nSPS) is 19.3. The van der Waals surface area contributed by atoms with Gasteiger partial charge in [-0.05, 0) is 44.1 Å². The maximum atomic E-state index is 12.5. The Morgan fingerprint density at radius 1 is 1.12 bits per heavy atom. The van der Waals surface area contributed by atoms with Crippen molar-refractivity contribution >= 4 is 29.0 Å². The molecule has 2 rings (SSSR count). The molecule has 0 unspecified atom stereocenters. The van der Waals surface area contributed by atoms with E-state index in [-0.39, 0.29) is 24.5 Å². The lowest BCUT2D eigenvalue weighted by Crippen LogP contribution is -2.50. The quantitative estimate of drug-likeness (QED) is 0.290. The van der Waals surface area contributed by atoms with E-state index >= 15 is 0 Å². The zero-order chi connectivity index (χ0) is 25.2. The zero-order valence-electron chi connectivity index (χ0n) is 22.3. The van der Waals surface area contributed by atoms with Crippen LogP contribution in [0, 0.1) is 11.8 Å². The first-order chi connectivity index (χ1) is 15.8. The number of carbonyl (C=O) groups excluding carboxylic acids is 2. The van der Waals surface area contributed by atoms with Gasteiger partial charge < -0.3 is 21.3 Å². The highest BCUT2D eigenvalue weighted by Crippen LogP contribution is 2.27. The van der Waals surface area contributed by atoms with Gasteiger partial charge in [-0.25, -0.2) is 0 Å². The van der Waals surface area contributed by atoms with E-state index in [9.17, 15) is 9.59 Å². The van der Waals surface area contributed by atoms with Gasteiger partial charge in [0, 0.05) is 6.54 Å². The van der Waals surface area contributed by atoms with Gasteiger partial charge in [-0.15, -0.1) is 0 Å². The molecule has 7 heteroatoms. The van der Waals surface area contributed by atoms with Crippen LogP contribution in [-0.4, -0.2) is 53.4 Å². The summed E-state index contributed by atoms with van der Waals surface area (Å²) < 4.78 is 0. The van der Waals surface area contributed by atoms with Gasteiger partial charge in [-0.2, -0.15) is 0 Å². The summed E-state index contributed by atoms with van der Waals surface area (Å²) in [6.45, 7) is 14.2. The lowest BCUT2D eigenvalue weighted by molar-refractivity contribution is -0.127. The molecule has 2 fully saturated rings. The summed E-state index contributed by atoms with van der Waals surface area (Å²) in [7, 11) is 0. The van der Waals surface area contributed by atoms with Crippen LogP contribution in [-0.2, 0) is 9.59 Å². The maximum Gasteiger partial charge on any atom is 0.243 e. The van der Waals surface area contributed by atoms with Crippen molar-refractivity contribution in [3.63, 3.8) is 0 Å². The van der Waals surface area contributed by atoms with E-state index in [0.29, 0.717) is 0 Å². The van der Waals surface area contributed by atoms with E-state index in [0.717, 1.165) is 49.2 Å². The standard InChI is InChI=1S/C20H36N4O2S.C4H10.C2H6/c1-2-7-17(19(26)23-14-18(21)25)24-13-11-16(20(24)27)22-12-6-10-15-8-4-3-5-9-15;1-4(2)3;1-2/h15-17,22H,2-14H2,1H3,(H2,21,25)(H,23,26);4H,1-3H3;1-2H3/t16-,17+;;/m1../s1. The zero-order valence-corrected chi connectivity index (χ0v) is 23.1. The van der Waals surface area contributed by atoms with Crippen LogP contribution in [0.1, 0.15) is 106 Å². The predicted octanol–water partition coefficient (Wildman–Crippen LogP) is 4.80. The predicted molar refractivity (Wildman–Crippen MR) is 144 cm³/mol. The third-order valence-corrected chi connectivity index (χ3v) is 6.34. The minimum absolute atomic E-state index is 0.123. The van der Waals surface area contributed by atoms with Crippen LogP contribution in [0.4, 0.5) is 0 Å². The van der Waals surface area contributed by atoms with Crippen molar-refractivity contribution in [3.05, 3.63) is 0 Å². The Bertz CT molecular complexity index is 548. The van der Waals surface area contributed by atoms with Crippen LogP contribution < -0.4 is 16.4 Å². The van der Waals surface area contributed by atoms with Crippen LogP contribution in [0.15, 0.2) is 0 Å². The van der Waals surface area contributed by atoms with E-state index in [2.05, 4.69) is 38.3 Å². The third kappa shape index (κ3) is 13.9. The molecule has 33 heavy (non-hydrogen) atoms. The molecule has 194 valence electrons. The van der Waals surface area contributed by atoms with Crippen LogP contribution in [0.25, 0.3) is 0 Å². The molecular weight excluding hydrogens is 432 g/mol. The van der Waals surface area contributed by atoms with E-state index in [1.54, 1.807) is 0 Å². The minimum atomic E-state index is -0.528. The second-order valence-corrected chi connectivity index (χ2v) is 10.1. The Morgan fingerprint density at radius 3 is 2.27 bits per heavy atom. The number of rotatable bonds is 11. The first-order valence-corrected chi connectivity index (χ1v) is 13.8. The molecule has 0 spiro atoms. The molecule has 0 aromatic rings. The van der Waals surface area contributed by atoms with Gasteiger partial charge in [0.1, 0.15) is 6.04 Å². The summed E-state index contributed by atoms with van der Waals surface area (Å²) in [6, 6.07) is -0.134. The number of amides is 2. The molecule has 1 heterocycles. The molecule has 1 aliphatic carbocycles. The fourth-order valence-electron chi connectivity index (χ4n) is 4.34. The summed E-state index contributed by atoms with van der Waals surface area (Å²) in [4.78, 5) is 26.3. The fourth-order valence-corrected chi connectivity index (χ4v) is 4.76. The highest BCUT2D eigenvalue weighted by atomic mass is 32.1. The second kappa shape index (κ2) is 19.1. The molecule has 1 saturated heterocycles. The van der Waals surface area contributed by atoms with Gasteiger partial charge in [0.25, 0.3) is 0 Å². The number of hydrogen-bond acceptors (Lipinski definition) is 4. The molecule has 0 aromatic heterocycles. The summed E-state index contributed by atoms with van der Waals surface area (Å²) in [6.07, 6.45) is 12.0. The molecule has 1 saturated carbocycles. The van der Waals surface area contributed by atoms with Gasteiger partial charge in [0.2, 0.25) is 11.8 Å². The number of nitrogens with zero attached hydrogens (tertiary/aromatic N) is 1. The molecule has 0 bridgehead atoms. The number of thiocarbonyl (C=S) groups is 1. The van der Waals surface area contributed by atoms with Gasteiger partial charge in [-0.1, -0.05) is 92.3 Å². The van der Waals surface area contributed by atoms with E-state index in [4.69, 9.17) is 18.0 Å².